The van der Waals surface area contributed by atoms with E-state index in [0.29, 0.717) is 28.5 Å². The van der Waals surface area contributed by atoms with Gasteiger partial charge in [0.2, 0.25) is 0 Å². The number of nitriles is 1. The summed E-state index contributed by atoms with van der Waals surface area (Å²) in [5, 5.41) is 9.68. The van der Waals surface area contributed by atoms with Crippen LogP contribution in [0.1, 0.15) is 39.6 Å². The fourth-order valence-corrected chi connectivity index (χ4v) is 4.00. The quantitative estimate of drug-likeness (QED) is 0.256. The standard InChI is InChI=1S/C27H21F4N3O.ClH/c1-17-5-3-4-6-22(17)23-11-18(7-8-19(23)13-32)26(25-14-33-16-34(25)2)35-15-20-9-10-21(28)12-24(20)27(29,30)31;/h3-12,14,16,26H,15H2,1-2H3;1H. The average molecular weight is 516 g/mol. The molecule has 1 aromatic heterocycles. The summed E-state index contributed by atoms with van der Waals surface area (Å²) in [6, 6.07) is 17.5. The zero-order valence-electron chi connectivity index (χ0n) is 19.4. The maximum absolute atomic E-state index is 13.5. The van der Waals surface area contributed by atoms with Crippen LogP contribution in [0.2, 0.25) is 0 Å². The van der Waals surface area contributed by atoms with Gasteiger partial charge in [-0.3, -0.25) is 0 Å². The monoisotopic (exact) mass is 515 g/mol. The summed E-state index contributed by atoms with van der Waals surface area (Å²) < 4.78 is 61.8. The third-order valence-electron chi connectivity index (χ3n) is 5.81. The largest absolute Gasteiger partial charge is 0.416 e. The van der Waals surface area contributed by atoms with Gasteiger partial charge in [0, 0.05) is 12.6 Å². The van der Waals surface area contributed by atoms with Crippen molar-refractivity contribution in [2.45, 2.75) is 25.8 Å². The predicted molar refractivity (Wildman–Crippen MR) is 130 cm³/mol. The van der Waals surface area contributed by atoms with E-state index in [4.69, 9.17) is 4.74 Å². The highest BCUT2D eigenvalue weighted by Gasteiger charge is 2.34. The Morgan fingerprint density at radius 2 is 1.81 bits per heavy atom. The molecule has 0 fully saturated rings. The first-order chi connectivity index (χ1) is 16.7. The normalized spacial score (nSPS) is 12.0. The van der Waals surface area contributed by atoms with Crippen LogP contribution in [0.4, 0.5) is 17.6 Å². The number of rotatable bonds is 6. The van der Waals surface area contributed by atoms with Crippen molar-refractivity contribution in [1.82, 2.24) is 9.55 Å². The summed E-state index contributed by atoms with van der Waals surface area (Å²) in [5.74, 6) is -0.973. The molecule has 0 N–H and O–H groups in total. The molecule has 186 valence electrons. The number of imidazole rings is 1. The van der Waals surface area contributed by atoms with E-state index in [0.717, 1.165) is 23.3 Å². The number of hydrogen-bond acceptors (Lipinski definition) is 3. The Morgan fingerprint density at radius 3 is 2.44 bits per heavy atom. The lowest BCUT2D eigenvalue weighted by molar-refractivity contribution is -0.139. The fraction of sp³-hybridized carbons (Fsp3) is 0.185. The Hall–Kier alpha value is -3.67. The Balaban J connectivity index is 0.00000361. The second-order valence-corrected chi connectivity index (χ2v) is 8.15. The number of benzene rings is 3. The topological polar surface area (TPSA) is 50.8 Å². The number of ether oxygens (including phenoxy) is 1. The lowest BCUT2D eigenvalue weighted by Crippen LogP contribution is -2.14. The van der Waals surface area contributed by atoms with Crippen molar-refractivity contribution in [3.8, 4) is 17.2 Å². The Kier molecular flexibility index (Phi) is 8.18. The molecule has 4 aromatic rings. The van der Waals surface area contributed by atoms with Crippen molar-refractivity contribution >= 4 is 12.4 Å². The smallest absolute Gasteiger partial charge is 0.362 e. The lowest BCUT2D eigenvalue weighted by Gasteiger charge is -2.22. The molecule has 1 unspecified atom stereocenters. The highest BCUT2D eigenvalue weighted by molar-refractivity contribution is 5.85. The van der Waals surface area contributed by atoms with Crippen LogP contribution in [0, 0.1) is 24.1 Å². The van der Waals surface area contributed by atoms with Crippen molar-refractivity contribution in [3.63, 3.8) is 0 Å². The molecule has 0 aliphatic carbocycles. The molecule has 36 heavy (non-hydrogen) atoms. The van der Waals surface area contributed by atoms with E-state index in [1.165, 1.54) is 0 Å². The molecule has 0 bridgehead atoms. The van der Waals surface area contributed by atoms with Gasteiger partial charge >= 0.3 is 6.18 Å². The van der Waals surface area contributed by atoms with Crippen LogP contribution in [0.5, 0.6) is 0 Å². The van der Waals surface area contributed by atoms with Gasteiger partial charge < -0.3 is 9.30 Å². The van der Waals surface area contributed by atoms with Crippen LogP contribution in [-0.4, -0.2) is 9.55 Å². The number of aromatic nitrogens is 2. The van der Waals surface area contributed by atoms with Gasteiger partial charge in [0.25, 0.3) is 0 Å². The Morgan fingerprint density at radius 1 is 1.06 bits per heavy atom. The summed E-state index contributed by atoms with van der Waals surface area (Å²) in [6.45, 7) is 1.52. The molecular formula is C27H22ClF4N3O. The second kappa shape index (κ2) is 10.9. The molecule has 0 spiro atoms. The van der Waals surface area contributed by atoms with Gasteiger partial charge in [0.1, 0.15) is 11.9 Å². The van der Waals surface area contributed by atoms with Gasteiger partial charge in [-0.05, 0) is 53.4 Å². The molecule has 0 aliphatic rings. The molecule has 0 amide bonds. The average Bonchev–Trinajstić information content (AvgIpc) is 3.25. The highest BCUT2D eigenvalue weighted by atomic mass is 35.5. The number of alkyl halides is 3. The first-order valence-electron chi connectivity index (χ1n) is 10.7. The van der Waals surface area contributed by atoms with Crippen LogP contribution in [0.3, 0.4) is 0 Å². The van der Waals surface area contributed by atoms with Gasteiger partial charge in [-0.1, -0.05) is 36.4 Å². The van der Waals surface area contributed by atoms with Crippen LogP contribution < -0.4 is 0 Å². The number of hydrogen-bond donors (Lipinski definition) is 0. The van der Waals surface area contributed by atoms with E-state index < -0.39 is 30.3 Å². The molecule has 3 aromatic carbocycles. The molecule has 9 heteroatoms. The van der Waals surface area contributed by atoms with Gasteiger partial charge in [0.05, 0.1) is 42.0 Å². The van der Waals surface area contributed by atoms with E-state index in [1.54, 1.807) is 36.3 Å². The summed E-state index contributed by atoms with van der Waals surface area (Å²) in [6.07, 6.45) is -2.37. The molecule has 4 rings (SSSR count). The lowest BCUT2D eigenvalue weighted by atomic mass is 9.93. The SMILES string of the molecule is Cc1ccccc1-c1cc(C(OCc2ccc(F)cc2C(F)(F)F)c2cncn2C)ccc1C#N.Cl. The molecular weight excluding hydrogens is 494 g/mol. The molecule has 0 radical (unpaired) electrons. The van der Waals surface area contributed by atoms with E-state index in [2.05, 4.69) is 11.1 Å². The first kappa shape index (κ1) is 26.9. The van der Waals surface area contributed by atoms with Crippen LogP contribution in [0.25, 0.3) is 11.1 Å². The van der Waals surface area contributed by atoms with Gasteiger partial charge in [0.15, 0.2) is 0 Å². The summed E-state index contributed by atoms with van der Waals surface area (Å²) >= 11 is 0. The first-order valence-corrected chi connectivity index (χ1v) is 10.7. The number of halogens is 5. The maximum Gasteiger partial charge on any atom is 0.416 e. The van der Waals surface area contributed by atoms with E-state index in [-0.39, 0.29) is 18.0 Å². The van der Waals surface area contributed by atoms with Crippen LogP contribution >= 0.6 is 12.4 Å². The number of aryl methyl sites for hydroxylation is 2. The van der Waals surface area contributed by atoms with Crippen LogP contribution in [-0.2, 0) is 24.6 Å². The number of nitrogens with zero attached hydrogens (tertiary/aromatic N) is 3. The highest BCUT2D eigenvalue weighted by Crippen LogP contribution is 2.36. The van der Waals surface area contributed by atoms with E-state index in [9.17, 15) is 22.8 Å². The summed E-state index contributed by atoms with van der Waals surface area (Å²) in [7, 11) is 1.75. The van der Waals surface area contributed by atoms with Crippen molar-refractivity contribution < 1.29 is 22.3 Å². The van der Waals surface area contributed by atoms with Gasteiger partial charge in [-0.25, -0.2) is 9.37 Å². The molecule has 0 aliphatic heterocycles. The van der Waals surface area contributed by atoms with Crippen molar-refractivity contribution in [2.24, 2.45) is 7.05 Å². The predicted octanol–water partition coefficient (Wildman–Crippen LogP) is 7.15. The molecule has 1 atom stereocenters. The Bertz CT molecular complexity index is 1410. The molecule has 0 saturated heterocycles. The van der Waals surface area contributed by atoms with Crippen LogP contribution in [0.15, 0.2) is 73.2 Å². The zero-order valence-corrected chi connectivity index (χ0v) is 20.2. The molecule has 0 saturated carbocycles. The van der Waals surface area contributed by atoms with Crippen molar-refractivity contribution in [1.29, 1.82) is 5.26 Å². The minimum atomic E-state index is -4.73. The van der Waals surface area contributed by atoms with Gasteiger partial charge in [-0.2, -0.15) is 18.4 Å². The molecule has 1 heterocycles. The van der Waals surface area contributed by atoms with Crippen molar-refractivity contribution in [2.75, 3.05) is 0 Å². The fourth-order valence-electron chi connectivity index (χ4n) is 4.00. The summed E-state index contributed by atoms with van der Waals surface area (Å²) in [4.78, 5) is 4.12. The van der Waals surface area contributed by atoms with Gasteiger partial charge in [-0.15, -0.1) is 12.4 Å². The Labute approximate surface area is 212 Å². The zero-order chi connectivity index (χ0) is 25.2. The van der Waals surface area contributed by atoms with E-state index in [1.807, 2.05) is 37.3 Å². The third kappa shape index (κ3) is 5.59. The maximum atomic E-state index is 13.5. The minimum Gasteiger partial charge on any atom is -0.362 e. The summed E-state index contributed by atoms with van der Waals surface area (Å²) in [5.41, 5.74) is 2.98. The molecule has 4 nitrogen and oxygen atoms in total. The van der Waals surface area contributed by atoms with E-state index >= 15 is 0 Å². The second-order valence-electron chi connectivity index (χ2n) is 8.15. The van der Waals surface area contributed by atoms with Crippen molar-refractivity contribution in [3.05, 3.63) is 113 Å². The third-order valence-corrected chi connectivity index (χ3v) is 5.81. The minimum absolute atomic E-state index is 0.